The maximum absolute atomic E-state index is 11.3. The highest BCUT2D eigenvalue weighted by molar-refractivity contribution is 5.89. The zero-order valence-electron chi connectivity index (χ0n) is 7.56. The van der Waals surface area contributed by atoms with Gasteiger partial charge < -0.3 is 4.74 Å². The number of hydrogen-bond donors (Lipinski definition) is 0. The summed E-state index contributed by atoms with van der Waals surface area (Å²) in [5, 5.41) is 0. The molecular formula is C11H9NO2. The Morgan fingerprint density at radius 2 is 2.14 bits per heavy atom. The summed E-state index contributed by atoms with van der Waals surface area (Å²) >= 11 is 0. The molecule has 1 fully saturated rings. The van der Waals surface area contributed by atoms with Gasteiger partial charge in [-0.15, -0.1) is 0 Å². The van der Waals surface area contributed by atoms with Crippen LogP contribution in [-0.2, 0) is 4.74 Å². The van der Waals surface area contributed by atoms with Crippen molar-refractivity contribution in [2.75, 3.05) is 0 Å². The Morgan fingerprint density at radius 1 is 1.43 bits per heavy atom. The molecule has 14 heavy (non-hydrogen) atoms. The van der Waals surface area contributed by atoms with Gasteiger partial charge in [0.1, 0.15) is 6.11 Å². The highest BCUT2D eigenvalue weighted by atomic mass is 16.5. The maximum Gasteiger partial charge on any atom is 0.352 e. The molecule has 0 aromatic carbocycles. The maximum atomic E-state index is 11.3. The molecular weight excluding hydrogens is 178 g/mol. The topological polar surface area (TPSA) is 39.2 Å². The summed E-state index contributed by atoms with van der Waals surface area (Å²) in [7, 11) is 0. The number of pyridine rings is 1. The highest BCUT2D eigenvalue weighted by Gasteiger charge is 2.18. The molecule has 0 unspecified atom stereocenters. The van der Waals surface area contributed by atoms with Gasteiger partial charge in [0.15, 0.2) is 0 Å². The van der Waals surface area contributed by atoms with E-state index in [1.54, 1.807) is 24.5 Å². The van der Waals surface area contributed by atoms with Crippen molar-refractivity contribution in [1.29, 1.82) is 0 Å². The number of hydrogen-bond acceptors (Lipinski definition) is 3. The summed E-state index contributed by atoms with van der Waals surface area (Å²) in [5.74, 6) is 2.88. The second kappa shape index (κ2) is 3.93. The van der Waals surface area contributed by atoms with E-state index in [0.717, 1.165) is 12.8 Å². The van der Waals surface area contributed by atoms with E-state index in [0.29, 0.717) is 11.5 Å². The smallest absolute Gasteiger partial charge is 0.352 e. The molecule has 0 radical (unpaired) electrons. The predicted octanol–water partition coefficient (Wildman–Crippen LogP) is 1.61. The number of carbonyl (C=O) groups excluding carboxylic acids is 1. The van der Waals surface area contributed by atoms with Crippen molar-refractivity contribution in [2.24, 2.45) is 5.92 Å². The molecule has 0 saturated heterocycles. The van der Waals surface area contributed by atoms with Crippen LogP contribution in [0.1, 0.15) is 23.2 Å². The van der Waals surface area contributed by atoms with Crippen LogP contribution < -0.4 is 0 Å². The number of rotatable bonds is 1. The van der Waals surface area contributed by atoms with E-state index >= 15 is 0 Å². The quantitative estimate of drug-likeness (QED) is 0.495. The minimum absolute atomic E-state index is 0.416. The van der Waals surface area contributed by atoms with Crippen LogP contribution in [0.3, 0.4) is 0 Å². The lowest BCUT2D eigenvalue weighted by molar-refractivity contribution is 0.0690. The lowest BCUT2D eigenvalue weighted by atomic mass is 10.3. The van der Waals surface area contributed by atoms with E-state index in [4.69, 9.17) is 4.74 Å². The highest BCUT2D eigenvalue weighted by Crippen LogP contribution is 2.27. The van der Waals surface area contributed by atoms with E-state index in [1.807, 2.05) is 0 Å². The first kappa shape index (κ1) is 8.76. The Labute approximate surface area is 82.1 Å². The third-order valence-corrected chi connectivity index (χ3v) is 1.90. The van der Waals surface area contributed by atoms with E-state index < -0.39 is 5.97 Å². The van der Waals surface area contributed by atoms with Crippen molar-refractivity contribution in [3.8, 4) is 12.0 Å². The lowest BCUT2D eigenvalue weighted by Crippen LogP contribution is -2.00. The van der Waals surface area contributed by atoms with Crippen molar-refractivity contribution in [3.63, 3.8) is 0 Å². The molecule has 0 spiro atoms. The van der Waals surface area contributed by atoms with Crippen LogP contribution in [0, 0.1) is 17.9 Å². The first-order valence-electron chi connectivity index (χ1n) is 4.48. The molecule has 1 saturated carbocycles. The van der Waals surface area contributed by atoms with Gasteiger partial charge in [0.25, 0.3) is 0 Å². The number of aromatic nitrogens is 1. The molecule has 0 aliphatic heterocycles. The molecule has 70 valence electrons. The minimum Gasteiger partial charge on any atom is -0.368 e. The Morgan fingerprint density at radius 3 is 2.79 bits per heavy atom. The van der Waals surface area contributed by atoms with Crippen LogP contribution in [0.15, 0.2) is 24.5 Å². The third-order valence-electron chi connectivity index (χ3n) is 1.90. The van der Waals surface area contributed by atoms with Gasteiger partial charge in [-0.2, -0.15) is 0 Å². The van der Waals surface area contributed by atoms with Crippen LogP contribution in [0.25, 0.3) is 0 Å². The Bertz CT molecular complexity index is 385. The molecule has 1 aliphatic carbocycles. The molecule has 3 heteroatoms. The monoisotopic (exact) mass is 187 g/mol. The second-order valence-electron chi connectivity index (χ2n) is 3.15. The first-order chi connectivity index (χ1) is 6.86. The predicted molar refractivity (Wildman–Crippen MR) is 50.2 cm³/mol. The van der Waals surface area contributed by atoms with Crippen molar-refractivity contribution >= 4 is 5.97 Å². The fourth-order valence-electron chi connectivity index (χ4n) is 0.934. The summed E-state index contributed by atoms with van der Waals surface area (Å²) in [6.07, 6.45) is 7.77. The third kappa shape index (κ3) is 2.33. The molecule has 1 aromatic heterocycles. The molecule has 1 aliphatic rings. The fraction of sp³-hybridized carbons (Fsp3) is 0.273. The van der Waals surface area contributed by atoms with Gasteiger partial charge in [-0.1, -0.05) is 5.92 Å². The summed E-state index contributed by atoms with van der Waals surface area (Å²) in [4.78, 5) is 15.1. The molecule has 0 amide bonds. The van der Waals surface area contributed by atoms with Crippen molar-refractivity contribution in [1.82, 2.24) is 4.98 Å². The molecule has 0 bridgehead atoms. The van der Waals surface area contributed by atoms with Gasteiger partial charge in [-0.05, 0) is 25.0 Å². The van der Waals surface area contributed by atoms with Gasteiger partial charge in [0.2, 0.25) is 0 Å². The van der Waals surface area contributed by atoms with Crippen molar-refractivity contribution < 1.29 is 9.53 Å². The summed E-state index contributed by atoms with van der Waals surface area (Å²) in [6, 6.07) is 3.20. The van der Waals surface area contributed by atoms with Gasteiger partial charge in [0, 0.05) is 18.3 Å². The largest absolute Gasteiger partial charge is 0.368 e. The standard InChI is InChI=1S/C11H9NO2/c13-11(10-3-6-12-7-4-10)14-8-5-9-1-2-9/h3-4,6-7,9H,1-2H2. The van der Waals surface area contributed by atoms with Crippen molar-refractivity contribution in [3.05, 3.63) is 30.1 Å². The Kier molecular flexibility index (Phi) is 2.46. The van der Waals surface area contributed by atoms with E-state index in [9.17, 15) is 4.79 Å². The molecule has 0 N–H and O–H groups in total. The number of ether oxygens (including phenoxy) is 1. The van der Waals surface area contributed by atoms with Crippen LogP contribution in [0.4, 0.5) is 0 Å². The van der Waals surface area contributed by atoms with Crippen LogP contribution in [0.5, 0.6) is 0 Å². The zero-order valence-corrected chi connectivity index (χ0v) is 7.56. The lowest BCUT2D eigenvalue weighted by Gasteiger charge is -1.94. The average Bonchev–Trinajstić information content (AvgIpc) is 3.03. The SMILES string of the molecule is O=C(OC#CC1CC1)c1ccncc1. The van der Waals surface area contributed by atoms with Gasteiger partial charge in [0.05, 0.1) is 5.56 Å². The summed E-state index contributed by atoms with van der Waals surface area (Å²) in [5.41, 5.74) is 0.477. The summed E-state index contributed by atoms with van der Waals surface area (Å²) < 4.78 is 4.75. The molecule has 1 heterocycles. The average molecular weight is 187 g/mol. The molecule has 1 aromatic rings. The number of esters is 1. The van der Waals surface area contributed by atoms with Crippen molar-refractivity contribution in [2.45, 2.75) is 12.8 Å². The van der Waals surface area contributed by atoms with E-state index in [-0.39, 0.29) is 0 Å². The fourth-order valence-corrected chi connectivity index (χ4v) is 0.934. The number of nitrogens with zero attached hydrogens (tertiary/aromatic N) is 1. The van der Waals surface area contributed by atoms with Crippen LogP contribution in [0.2, 0.25) is 0 Å². The van der Waals surface area contributed by atoms with Crippen LogP contribution >= 0.6 is 0 Å². The first-order valence-corrected chi connectivity index (χ1v) is 4.48. The summed E-state index contributed by atoms with van der Waals surface area (Å²) in [6.45, 7) is 0. The Balaban J connectivity index is 1.93. The van der Waals surface area contributed by atoms with Gasteiger partial charge in [-0.3, -0.25) is 4.98 Å². The molecule has 3 nitrogen and oxygen atoms in total. The molecule has 0 atom stereocenters. The van der Waals surface area contributed by atoms with E-state index in [1.165, 1.54) is 0 Å². The molecule has 2 rings (SSSR count). The minimum atomic E-state index is -0.416. The van der Waals surface area contributed by atoms with E-state index in [2.05, 4.69) is 17.0 Å². The van der Waals surface area contributed by atoms with Crippen LogP contribution in [-0.4, -0.2) is 11.0 Å². The number of carbonyl (C=O) groups is 1. The van der Waals surface area contributed by atoms with Gasteiger partial charge >= 0.3 is 5.97 Å². The normalized spacial score (nSPS) is 14.0. The zero-order chi connectivity index (χ0) is 9.80. The van der Waals surface area contributed by atoms with Gasteiger partial charge in [-0.25, -0.2) is 4.79 Å². The Hall–Kier alpha value is -1.82. The second-order valence-corrected chi connectivity index (χ2v) is 3.15.